The zero-order valence-electron chi connectivity index (χ0n) is 9.22. The topological polar surface area (TPSA) is 57.2 Å². The van der Waals surface area contributed by atoms with E-state index in [0.717, 1.165) is 0 Å². The predicted molar refractivity (Wildman–Crippen MR) is 44.0 cm³/mol. The minimum Gasteiger partial charge on any atom is -0.743 e. The summed E-state index contributed by atoms with van der Waals surface area (Å²) in [7, 11) is -6.60. The second-order valence-electron chi connectivity index (χ2n) is 3.20. The van der Waals surface area contributed by atoms with Gasteiger partial charge >= 0.3 is 62.6 Å². The minimum absolute atomic E-state index is 0. The molecule has 0 fully saturated rings. The summed E-state index contributed by atoms with van der Waals surface area (Å²) in [5.74, 6) is -5.51. The Kier molecular flexibility index (Phi) is 8.57. The van der Waals surface area contributed by atoms with Crippen LogP contribution in [0.4, 0.5) is 22.0 Å². The van der Waals surface area contributed by atoms with E-state index in [1.54, 1.807) is 0 Å². The van der Waals surface area contributed by atoms with Gasteiger partial charge in [-0.1, -0.05) is 19.8 Å². The molecular formula is C7H10F5KO3S. The van der Waals surface area contributed by atoms with E-state index in [2.05, 4.69) is 0 Å². The van der Waals surface area contributed by atoms with E-state index >= 15 is 0 Å². The Labute approximate surface area is 138 Å². The van der Waals surface area contributed by atoms with Gasteiger partial charge in [-0.15, -0.1) is 0 Å². The molecular weight excluding hydrogens is 298 g/mol. The molecule has 0 aromatic heterocycles. The van der Waals surface area contributed by atoms with Crippen molar-refractivity contribution in [2.24, 2.45) is 0 Å². The molecule has 0 amide bonds. The van der Waals surface area contributed by atoms with Gasteiger partial charge in [0.2, 0.25) is 0 Å². The quantitative estimate of drug-likeness (QED) is 0.370. The fourth-order valence-corrected chi connectivity index (χ4v) is 1.37. The van der Waals surface area contributed by atoms with E-state index in [1.165, 1.54) is 6.92 Å². The maximum atomic E-state index is 12.8. The molecule has 1 unspecified atom stereocenters. The van der Waals surface area contributed by atoms with Gasteiger partial charge < -0.3 is 4.55 Å². The van der Waals surface area contributed by atoms with Crippen LogP contribution in [-0.2, 0) is 10.1 Å². The van der Waals surface area contributed by atoms with Crippen LogP contribution in [0.25, 0.3) is 0 Å². The molecule has 17 heavy (non-hydrogen) atoms. The van der Waals surface area contributed by atoms with Gasteiger partial charge in [-0.3, -0.25) is 0 Å². The molecule has 0 aliphatic rings. The standard InChI is InChI=1S/C7H11F5O3S.K/c1-2-3-4-5(8)6(9,10)7(11,12)16(13,14)15;/h5H,2-4H2,1H3,(H,13,14,15);/q;+1/p-1. The van der Waals surface area contributed by atoms with Crippen molar-refractivity contribution in [3.05, 3.63) is 0 Å². The van der Waals surface area contributed by atoms with Crippen LogP contribution in [0.3, 0.4) is 0 Å². The second kappa shape index (κ2) is 7.11. The van der Waals surface area contributed by atoms with Crippen molar-refractivity contribution in [3.63, 3.8) is 0 Å². The molecule has 0 N–H and O–H groups in total. The van der Waals surface area contributed by atoms with Crippen LogP contribution in [0.15, 0.2) is 0 Å². The van der Waals surface area contributed by atoms with Crippen LogP contribution < -0.4 is 51.4 Å². The molecule has 0 aliphatic carbocycles. The zero-order chi connectivity index (χ0) is 13.2. The van der Waals surface area contributed by atoms with Crippen LogP contribution in [0.2, 0.25) is 0 Å². The van der Waals surface area contributed by atoms with Crippen LogP contribution >= 0.6 is 0 Å². The van der Waals surface area contributed by atoms with Crippen LogP contribution in [0.1, 0.15) is 26.2 Å². The normalized spacial score (nSPS) is 15.2. The number of halogens is 5. The molecule has 0 aliphatic heterocycles. The van der Waals surface area contributed by atoms with Gasteiger partial charge in [-0.2, -0.15) is 17.6 Å². The molecule has 0 rings (SSSR count). The maximum Gasteiger partial charge on any atom is 1.00 e. The van der Waals surface area contributed by atoms with Crippen molar-refractivity contribution in [3.8, 4) is 0 Å². The Morgan fingerprint density at radius 2 is 1.65 bits per heavy atom. The molecule has 10 heteroatoms. The number of alkyl halides is 5. The Morgan fingerprint density at radius 1 is 1.24 bits per heavy atom. The second-order valence-corrected chi connectivity index (χ2v) is 4.62. The Hall–Kier alpha value is 1.20. The van der Waals surface area contributed by atoms with Gasteiger partial charge in [0.05, 0.1) is 0 Å². The van der Waals surface area contributed by atoms with Crippen LogP contribution in [0.5, 0.6) is 0 Å². The summed E-state index contributed by atoms with van der Waals surface area (Å²) in [6, 6.07) is 0. The zero-order valence-corrected chi connectivity index (χ0v) is 13.2. The maximum absolute atomic E-state index is 12.8. The van der Waals surface area contributed by atoms with E-state index in [4.69, 9.17) is 0 Å². The molecule has 0 saturated carbocycles. The summed E-state index contributed by atoms with van der Waals surface area (Å²) in [6.07, 6.45) is -4.15. The number of hydrogen-bond acceptors (Lipinski definition) is 3. The molecule has 0 saturated heterocycles. The van der Waals surface area contributed by atoms with Crippen molar-refractivity contribution in [2.75, 3.05) is 0 Å². The smallest absolute Gasteiger partial charge is 0.743 e. The molecule has 1 atom stereocenters. The monoisotopic (exact) mass is 308 g/mol. The molecule has 0 radical (unpaired) electrons. The van der Waals surface area contributed by atoms with Crippen molar-refractivity contribution in [1.82, 2.24) is 0 Å². The first-order valence-corrected chi connectivity index (χ1v) is 5.74. The summed E-state index contributed by atoms with van der Waals surface area (Å²) in [5, 5.41) is -5.94. The molecule has 0 bridgehead atoms. The summed E-state index contributed by atoms with van der Waals surface area (Å²) in [4.78, 5) is 0. The summed E-state index contributed by atoms with van der Waals surface area (Å²) in [5.41, 5.74) is 0. The molecule has 0 aromatic carbocycles. The summed E-state index contributed by atoms with van der Waals surface area (Å²) < 4.78 is 92.9. The fourth-order valence-electron chi connectivity index (χ4n) is 0.914. The average molecular weight is 308 g/mol. The van der Waals surface area contributed by atoms with Crippen molar-refractivity contribution in [1.29, 1.82) is 0 Å². The Morgan fingerprint density at radius 3 is 1.94 bits per heavy atom. The predicted octanol–water partition coefficient (Wildman–Crippen LogP) is -0.708. The molecule has 3 nitrogen and oxygen atoms in total. The largest absolute Gasteiger partial charge is 1.00 e. The van der Waals surface area contributed by atoms with E-state index in [-0.39, 0.29) is 64.2 Å². The number of unbranched alkanes of at least 4 members (excludes halogenated alkanes) is 1. The molecule has 98 valence electrons. The fraction of sp³-hybridized carbons (Fsp3) is 1.00. The van der Waals surface area contributed by atoms with Gasteiger partial charge in [-0.05, 0) is 6.42 Å². The molecule has 0 heterocycles. The van der Waals surface area contributed by atoms with Crippen LogP contribution in [-0.4, -0.2) is 30.3 Å². The van der Waals surface area contributed by atoms with Crippen molar-refractivity contribution >= 4 is 10.1 Å². The molecule has 0 aromatic rings. The van der Waals surface area contributed by atoms with Gasteiger partial charge in [0.1, 0.15) is 0 Å². The van der Waals surface area contributed by atoms with Gasteiger partial charge in [0.15, 0.2) is 16.3 Å². The third-order valence-corrected chi connectivity index (χ3v) is 2.81. The van der Waals surface area contributed by atoms with E-state index < -0.39 is 33.9 Å². The third-order valence-electron chi connectivity index (χ3n) is 1.91. The first-order chi connectivity index (χ1) is 6.98. The number of rotatable bonds is 6. The van der Waals surface area contributed by atoms with Crippen LogP contribution in [0, 0.1) is 0 Å². The average Bonchev–Trinajstić information content (AvgIpc) is 2.11. The summed E-state index contributed by atoms with van der Waals surface area (Å²) >= 11 is 0. The first kappa shape index (κ1) is 20.5. The van der Waals surface area contributed by atoms with Crippen molar-refractivity contribution < 1.29 is 86.3 Å². The van der Waals surface area contributed by atoms with E-state index in [0.29, 0.717) is 0 Å². The summed E-state index contributed by atoms with van der Waals surface area (Å²) in [6.45, 7) is 1.51. The Bertz CT molecular complexity index is 332. The SMILES string of the molecule is CCCCC(F)C(F)(F)C(F)(F)S(=O)(=O)[O-].[K+]. The third kappa shape index (κ3) is 4.66. The van der Waals surface area contributed by atoms with Gasteiger partial charge in [-0.25, -0.2) is 12.8 Å². The van der Waals surface area contributed by atoms with Gasteiger partial charge in [0, 0.05) is 0 Å². The minimum atomic E-state index is -6.60. The van der Waals surface area contributed by atoms with E-state index in [1.807, 2.05) is 0 Å². The first-order valence-electron chi connectivity index (χ1n) is 4.33. The Balaban J connectivity index is 0. The number of hydrogen-bond donors (Lipinski definition) is 0. The molecule has 0 spiro atoms. The van der Waals surface area contributed by atoms with Gasteiger partial charge in [0.25, 0.3) is 0 Å². The van der Waals surface area contributed by atoms with Crippen molar-refractivity contribution in [2.45, 2.75) is 43.5 Å². The van der Waals surface area contributed by atoms with E-state index in [9.17, 15) is 34.9 Å².